The number of amides is 1. The zero-order valence-electron chi connectivity index (χ0n) is 17.2. The molecule has 0 spiro atoms. The summed E-state index contributed by atoms with van der Waals surface area (Å²) in [5.41, 5.74) is 0.850. The highest BCUT2D eigenvalue weighted by Crippen LogP contribution is 2.22. The van der Waals surface area contributed by atoms with Gasteiger partial charge >= 0.3 is 0 Å². The average molecular weight is 386 g/mol. The maximum absolute atomic E-state index is 12.8. The topological polar surface area (TPSA) is 75.4 Å². The van der Waals surface area contributed by atoms with E-state index in [0.29, 0.717) is 17.6 Å². The van der Waals surface area contributed by atoms with Gasteiger partial charge in [-0.2, -0.15) is 4.98 Å². The van der Waals surface area contributed by atoms with E-state index in [1.807, 2.05) is 24.0 Å². The van der Waals surface area contributed by atoms with Crippen molar-refractivity contribution in [2.75, 3.05) is 31.1 Å². The molecule has 0 atom stereocenters. The summed E-state index contributed by atoms with van der Waals surface area (Å²) in [5.74, 6) is 2.64. The third-order valence-corrected chi connectivity index (χ3v) is 5.32. The Labute approximate surface area is 167 Å². The van der Waals surface area contributed by atoms with Gasteiger partial charge in [0, 0.05) is 50.3 Å². The Bertz CT molecular complexity index is 744. The Morgan fingerprint density at radius 3 is 2.36 bits per heavy atom. The van der Waals surface area contributed by atoms with Gasteiger partial charge in [0.05, 0.1) is 0 Å². The molecule has 2 aromatic rings. The molecule has 0 radical (unpaired) electrons. The van der Waals surface area contributed by atoms with Gasteiger partial charge in [-0.05, 0) is 25.0 Å². The second-order valence-electron chi connectivity index (χ2n) is 7.36. The van der Waals surface area contributed by atoms with Gasteiger partial charge in [0.25, 0.3) is 0 Å². The molecule has 0 N–H and O–H groups in total. The Balaban J connectivity index is 1.58. The van der Waals surface area contributed by atoms with E-state index < -0.39 is 0 Å². The number of aryl methyl sites for hydroxylation is 1. The summed E-state index contributed by atoms with van der Waals surface area (Å²) in [7, 11) is 0. The van der Waals surface area contributed by atoms with Crippen molar-refractivity contribution in [3.8, 4) is 11.4 Å². The highest BCUT2D eigenvalue weighted by Gasteiger charge is 2.26. The predicted octanol–water partition coefficient (Wildman–Crippen LogP) is 3.56. The predicted molar refractivity (Wildman–Crippen MR) is 109 cm³/mol. The molecule has 152 valence electrons. The van der Waals surface area contributed by atoms with Crippen molar-refractivity contribution < 1.29 is 9.32 Å². The van der Waals surface area contributed by atoms with Gasteiger partial charge in [0.15, 0.2) is 0 Å². The molecule has 1 aliphatic heterocycles. The van der Waals surface area contributed by atoms with E-state index in [2.05, 4.69) is 33.9 Å². The van der Waals surface area contributed by atoms with Gasteiger partial charge in [-0.1, -0.05) is 38.8 Å². The van der Waals surface area contributed by atoms with Crippen LogP contribution in [0.3, 0.4) is 0 Å². The minimum Gasteiger partial charge on any atom is -0.353 e. The first-order valence-electron chi connectivity index (χ1n) is 10.5. The van der Waals surface area contributed by atoms with Crippen molar-refractivity contribution in [2.45, 2.75) is 52.9 Å². The van der Waals surface area contributed by atoms with Crippen LogP contribution in [-0.2, 0) is 11.2 Å². The molecule has 1 saturated heterocycles. The molecule has 28 heavy (non-hydrogen) atoms. The highest BCUT2D eigenvalue weighted by atomic mass is 16.5. The molecule has 0 unspecified atom stereocenters. The normalized spacial score (nSPS) is 14.7. The fraction of sp³-hybridized carbons (Fsp3) is 0.619. The maximum Gasteiger partial charge on any atom is 0.226 e. The van der Waals surface area contributed by atoms with Crippen molar-refractivity contribution in [3.05, 3.63) is 24.2 Å². The molecule has 2 aromatic heterocycles. The van der Waals surface area contributed by atoms with Crippen LogP contribution in [0.5, 0.6) is 0 Å². The van der Waals surface area contributed by atoms with Crippen LogP contribution in [0, 0.1) is 5.92 Å². The van der Waals surface area contributed by atoms with Crippen LogP contribution in [0.1, 0.15) is 52.3 Å². The Kier molecular flexibility index (Phi) is 7.01. The fourth-order valence-corrected chi connectivity index (χ4v) is 3.72. The molecule has 1 amide bonds. The molecule has 0 aromatic carbocycles. The minimum atomic E-state index is 0.182. The lowest BCUT2D eigenvalue weighted by Crippen LogP contribution is -2.50. The van der Waals surface area contributed by atoms with E-state index in [4.69, 9.17) is 4.52 Å². The lowest BCUT2D eigenvalue weighted by Gasteiger charge is -2.37. The van der Waals surface area contributed by atoms with E-state index in [9.17, 15) is 4.79 Å². The van der Waals surface area contributed by atoms with E-state index >= 15 is 0 Å². The summed E-state index contributed by atoms with van der Waals surface area (Å²) < 4.78 is 5.17. The van der Waals surface area contributed by atoms with Gasteiger partial charge in [-0.15, -0.1) is 0 Å². The third-order valence-electron chi connectivity index (χ3n) is 5.32. The first kappa shape index (κ1) is 20.3. The molecule has 7 heteroatoms. The van der Waals surface area contributed by atoms with Crippen molar-refractivity contribution in [1.82, 2.24) is 20.0 Å². The van der Waals surface area contributed by atoms with Crippen molar-refractivity contribution in [2.24, 2.45) is 5.92 Å². The summed E-state index contributed by atoms with van der Waals surface area (Å²) >= 11 is 0. The second kappa shape index (κ2) is 9.66. The molecule has 0 aliphatic carbocycles. The summed E-state index contributed by atoms with van der Waals surface area (Å²) in [4.78, 5) is 26.0. The summed E-state index contributed by atoms with van der Waals surface area (Å²) in [5, 5.41) is 3.99. The molecule has 1 fully saturated rings. The summed E-state index contributed by atoms with van der Waals surface area (Å²) in [6, 6.07) is 3.97. The molecular weight excluding hydrogens is 354 g/mol. The Morgan fingerprint density at radius 1 is 1.11 bits per heavy atom. The number of nitrogens with zero attached hydrogens (tertiary/aromatic N) is 5. The average Bonchev–Trinajstić information content (AvgIpc) is 3.23. The number of carbonyl (C=O) groups excluding carboxylic acids is 1. The zero-order valence-corrected chi connectivity index (χ0v) is 17.2. The molecule has 3 rings (SSSR count). The Hall–Kier alpha value is -2.44. The third kappa shape index (κ3) is 4.69. The van der Waals surface area contributed by atoms with Crippen LogP contribution >= 0.6 is 0 Å². The van der Waals surface area contributed by atoms with Crippen LogP contribution < -0.4 is 4.90 Å². The fourth-order valence-electron chi connectivity index (χ4n) is 3.72. The molecule has 0 bridgehead atoms. The molecular formula is C21H31N5O2. The SMILES string of the molecule is CCCC(CCC)C(=O)N1CCN(c2ccc(-c3noc(CC)n3)cn2)CC1. The first-order valence-corrected chi connectivity index (χ1v) is 10.5. The van der Waals surface area contributed by atoms with Crippen molar-refractivity contribution >= 4 is 11.7 Å². The van der Waals surface area contributed by atoms with Crippen LogP contribution in [0.15, 0.2) is 22.9 Å². The summed E-state index contributed by atoms with van der Waals surface area (Å²) in [6.07, 6.45) is 6.62. The van der Waals surface area contributed by atoms with Crippen LogP contribution in [0.2, 0.25) is 0 Å². The number of rotatable bonds is 8. The largest absolute Gasteiger partial charge is 0.353 e. The zero-order chi connectivity index (χ0) is 19.9. The number of hydrogen-bond donors (Lipinski definition) is 0. The molecule has 0 saturated carbocycles. The van der Waals surface area contributed by atoms with Crippen molar-refractivity contribution in [3.63, 3.8) is 0 Å². The summed E-state index contributed by atoms with van der Waals surface area (Å²) in [6.45, 7) is 9.43. The van der Waals surface area contributed by atoms with Crippen LogP contribution in [-0.4, -0.2) is 52.1 Å². The van der Waals surface area contributed by atoms with Gasteiger partial charge < -0.3 is 14.3 Å². The second-order valence-corrected chi connectivity index (χ2v) is 7.36. The number of aromatic nitrogens is 3. The van der Waals surface area contributed by atoms with Gasteiger partial charge in [0.2, 0.25) is 17.6 Å². The number of hydrogen-bond acceptors (Lipinski definition) is 6. The molecule has 3 heterocycles. The number of pyridine rings is 1. The Morgan fingerprint density at radius 2 is 1.82 bits per heavy atom. The quantitative estimate of drug-likeness (QED) is 0.692. The lowest BCUT2D eigenvalue weighted by atomic mass is 9.96. The van der Waals surface area contributed by atoms with Crippen molar-refractivity contribution in [1.29, 1.82) is 0 Å². The number of piperazine rings is 1. The monoisotopic (exact) mass is 385 g/mol. The molecule has 1 aliphatic rings. The van der Waals surface area contributed by atoms with Crippen LogP contribution in [0.4, 0.5) is 5.82 Å². The number of carbonyl (C=O) groups is 1. The standard InChI is InChI=1S/C21H31N5O2/c1-4-7-16(8-5-2)21(27)26-13-11-25(12-14-26)18-10-9-17(15-22-18)20-23-19(6-3)28-24-20/h9-10,15-16H,4-8,11-14H2,1-3H3. The van der Waals surface area contributed by atoms with Gasteiger partial charge in [0.1, 0.15) is 5.82 Å². The molecule has 7 nitrogen and oxygen atoms in total. The highest BCUT2D eigenvalue weighted by molar-refractivity contribution is 5.79. The number of anilines is 1. The lowest BCUT2D eigenvalue weighted by molar-refractivity contribution is -0.136. The van der Waals surface area contributed by atoms with E-state index in [1.165, 1.54) is 0 Å². The van der Waals surface area contributed by atoms with Crippen LogP contribution in [0.25, 0.3) is 11.4 Å². The van der Waals surface area contributed by atoms with Gasteiger partial charge in [-0.3, -0.25) is 4.79 Å². The first-order chi connectivity index (χ1) is 13.7. The van der Waals surface area contributed by atoms with E-state index in [-0.39, 0.29) is 5.92 Å². The van der Waals surface area contributed by atoms with Gasteiger partial charge in [-0.25, -0.2) is 4.98 Å². The minimum absolute atomic E-state index is 0.182. The smallest absolute Gasteiger partial charge is 0.226 e. The van der Waals surface area contributed by atoms with E-state index in [0.717, 1.165) is 69.7 Å². The maximum atomic E-state index is 12.8. The van der Waals surface area contributed by atoms with E-state index in [1.54, 1.807) is 6.20 Å².